The Labute approximate surface area is 135 Å². The van der Waals surface area contributed by atoms with Crippen molar-refractivity contribution in [3.8, 4) is 0 Å². The molecule has 3 heterocycles. The molecule has 0 bridgehead atoms. The maximum Gasteiger partial charge on any atom is 0.258 e. The van der Waals surface area contributed by atoms with Crippen molar-refractivity contribution in [3.63, 3.8) is 0 Å². The summed E-state index contributed by atoms with van der Waals surface area (Å²) < 4.78 is 1.61. The zero-order chi connectivity index (χ0) is 16.0. The van der Waals surface area contributed by atoms with Crippen molar-refractivity contribution < 1.29 is 0 Å². The van der Waals surface area contributed by atoms with Gasteiger partial charge in [-0.25, -0.2) is 4.98 Å². The van der Waals surface area contributed by atoms with Crippen molar-refractivity contribution in [2.75, 3.05) is 11.4 Å². The second kappa shape index (κ2) is 5.23. The molecule has 0 N–H and O–H groups in total. The topological polar surface area (TPSA) is 37.6 Å². The van der Waals surface area contributed by atoms with Crippen LogP contribution in [0.2, 0.25) is 0 Å². The largest absolute Gasteiger partial charge is 0.365 e. The first-order valence-electron chi connectivity index (χ1n) is 7.95. The van der Waals surface area contributed by atoms with Crippen molar-refractivity contribution in [3.05, 3.63) is 75.8 Å². The minimum absolute atomic E-state index is 0.0192. The molecule has 1 aromatic carbocycles. The van der Waals surface area contributed by atoms with E-state index in [1.54, 1.807) is 16.7 Å². The van der Waals surface area contributed by atoms with Crippen LogP contribution in [0.25, 0.3) is 5.65 Å². The SMILES string of the molecule is Cc1cccn2c(=O)cc(CN3CC(C)c4ccccc43)nc12. The van der Waals surface area contributed by atoms with Gasteiger partial charge in [-0.1, -0.05) is 31.2 Å². The molecule has 0 saturated heterocycles. The lowest BCUT2D eigenvalue weighted by molar-refractivity contribution is 0.735. The van der Waals surface area contributed by atoms with E-state index >= 15 is 0 Å². The molecule has 0 amide bonds. The summed E-state index contributed by atoms with van der Waals surface area (Å²) in [5.41, 5.74) is 5.20. The first-order valence-corrected chi connectivity index (χ1v) is 7.95. The number of aryl methyl sites for hydroxylation is 1. The predicted octanol–water partition coefficient (Wildman–Crippen LogP) is 3.13. The molecule has 23 heavy (non-hydrogen) atoms. The van der Waals surface area contributed by atoms with Gasteiger partial charge >= 0.3 is 0 Å². The van der Waals surface area contributed by atoms with Crippen LogP contribution in [0.5, 0.6) is 0 Å². The number of aromatic nitrogens is 2. The molecule has 0 saturated carbocycles. The number of hydrogen-bond acceptors (Lipinski definition) is 3. The minimum Gasteiger partial charge on any atom is -0.365 e. The van der Waals surface area contributed by atoms with E-state index in [9.17, 15) is 4.79 Å². The number of anilines is 1. The summed E-state index contributed by atoms with van der Waals surface area (Å²) in [6, 6.07) is 14.0. The summed E-state index contributed by atoms with van der Waals surface area (Å²) in [4.78, 5) is 19.4. The number of nitrogens with zero attached hydrogens (tertiary/aromatic N) is 3. The van der Waals surface area contributed by atoms with Crippen molar-refractivity contribution in [1.29, 1.82) is 0 Å². The van der Waals surface area contributed by atoms with Gasteiger partial charge in [0.05, 0.1) is 12.2 Å². The van der Waals surface area contributed by atoms with Crippen LogP contribution in [-0.4, -0.2) is 15.9 Å². The molecule has 1 aliphatic rings. The van der Waals surface area contributed by atoms with Crippen LogP contribution in [0.15, 0.2) is 53.5 Å². The lowest BCUT2D eigenvalue weighted by atomic mass is 10.0. The first kappa shape index (κ1) is 14.0. The zero-order valence-corrected chi connectivity index (χ0v) is 13.4. The Morgan fingerprint density at radius 1 is 1.22 bits per heavy atom. The molecular weight excluding hydrogens is 286 g/mol. The number of rotatable bonds is 2. The van der Waals surface area contributed by atoms with Crippen molar-refractivity contribution in [1.82, 2.24) is 9.38 Å². The minimum atomic E-state index is -0.0192. The van der Waals surface area contributed by atoms with Crippen LogP contribution in [-0.2, 0) is 6.54 Å². The molecule has 1 atom stereocenters. The van der Waals surface area contributed by atoms with Crippen LogP contribution in [0, 0.1) is 6.92 Å². The molecular formula is C19H19N3O. The Hall–Kier alpha value is -2.62. The quantitative estimate of drug-likeness (QED) is 0.730. The Morgan fingerprint density at radius 3 is 2.91 bits per heavy atom. The second-order valence-electron chi connectivity index (χ2n) is 6.31. The van der Waals surface area contributed by atoms with Gasteiger partial charge in [-0.15, -0.1) is 0 Å². The van der Waals surface area contributed by atoms with Gasteiger partial charge in [0.2, 0.25) is 0 Å². The smallest absolute Gasteiger partial charge is 0.258 e. The van der Waals surface area contributed by atoms with Gasteiger partial charge < -0.3 is 4.90 Å². The number of para-hydroxylation sites is 1. The highest BCUT2D eigenvalue weighted by Gasteiger charge is 2.25. The fourth-order valence-electron chi connectivity index (χ4n) is 3.45. The van der Waals surface area contributed by atoms with Gasteiger partial charge in [0.15, 0.2) is 0 Å². The molecule has 2 aromatic heterocycles. The van der Waals surface area contributed by atoms with Crippen molar-refractivity contribution >= 4 is 11.3 Å². The molecule has 1 aliphatic heterocycles. The maximum absolute atomic E-state index is 12.3. The highest BCUT2D eigenvalue weighted by Crippen LogP contribution is 2.36. The summed E-state index contributed by atoms with van der Waals surface area (Å²) in [7, 11) is 0. The van der Waals surface area contributed by atoms with Gasteiger partial charge in [-0.3, -0.25) is 9.20 Å². The van der Waals surface area contributed by atoms with Crippen LogP contribution in [0.3, 0.4) is 0 Å². The lowest BCUT2D eigenvalue weighted by Gasteiger charge is -2.19. The third-order valence-electron chi connectivity index (χ3n) is 4.59. The van der Waals surface area contributed by atoms with Gasteiger partial charge in [0.1, 0.15) is 5.65 Å². The van der Waals surface area contributed by atoms with Crippen LogP contribution in [0.1, 0.15) is 29.7 Å². The van der Waals surface area contributed by atoms with Crippen molar-refractivity contribution in [2.45, 2.75) is 26.3 Å². The highest BCUT2D eigenvalue weighted by molar-refractivity contribution is 5.60. The Morgan fingerprint density at radius 2 is 2.04 bits per heavy atom. The number of hydrogen-bond donors (Lipinski definition) is 0. The van der Waals surface area contributed by atoms with E-state index < -0.39 is 0 Å². The zero-order valence-electron chi connectivity index (χ0n) is 13.4. The fraction of sp³-hybridized carbons (Fsp3) is 0.263. The first-order chi connectivity index (χ1) is 11.1. The van der Waals surface area contributed by atoms with Crippen LogP contribution >= 0.6 is 0 Å². The molecule has 4 heteroatoms. The average molecular weight is 305 g/mol. The second-order valence-corrected chi connectivity index (χ2v) is 6.31. The van der Waals surface area contributed by atoms with Gasteiger partial charge in [-0.2, -0.15) is 0 Å². The number of benzene rings is 1. The monoisotopic (exact) mass is 305 g/mol. The average Bonchev–Trinajstić information content (AvgIpc) is 2.85. The predicted molar refractivity (Wildman–Crippen MR) is 92.1 cm³/mol. The summed E-state index contributed by atoms with van der Waals surface area (Å²) in [5, 5.41) is 0. The molecule has 1 unspecified atom stereocenters. The molecule has 116 valence electrons. The Bertz CT molecular complexity index is 945. The molecule has 0 spiro atoms. The van der Waals surface area contributed by atoms with Crippen LogP contribution in [0.4, 0.5) is 5.69 Å². The van der Waals surface area contributed by atoms with Crippen LogP contribution < -0.4 is 10.5 Å². The van der Waals surface area contributed by atoms with E-state index in [1.165, 1.54) is 11.3 Å². The summed E-state index contributed by atoms with van der Waals surface area (Å²) in [5.74, 6) is 0.509. The summed E-state index contributed by atoms with van der Waals surface area (Å²) >= 11 is 0. The highest BCUT2D eigenvalue weighted by atomic mass is 16.1. The number of pyridine rings is 1. The maximum atomic E-state index is 12.3. The van der Waals surface area contributed by atoms with E-state index in [2.05, 4.69) is 36.1 Å². The number of fused-ring (bicyclic) bond motifs is 2. The molecule has 0 radical (unpaired) electrons. The van der Waals surface area contributed by atoms with E-state index in [0.29, 0.717) is 12.5 Å². The fourth-order valence-corrected chi connectivity index (χ4v) is 3.45. The third-order valence-corrected chi connectivity index (χ3v) is 4.59. The summed E-state index contributed by atoms with van der Waals surface area (Å²) in [6.45, 7) is 5.86. The normalized spacial score (nSPS) is 16.8. The molecule has 0 fully saturated rings. The van der Waals surface area contributed by atoms with Crippen molar-refractivity contribution in [2.24, 2.45) is 0 Å². The van der Waals surface area contributed by atoms with Gasteiger partial charge in [0, 0.05) is 30.4 Å². The molecule has 3 aromatic rings. The van der Waals surface area contributed by atoms with Gasteiger partial charge in [0.25, 0.3) is 5.56 Å². The lowest BCUT2D eigenvalue weighted by Crippen LogP contribution is -2.24. The van der Waals surface area contributed by atoms with E-state index in [-0.39, 0.29) is 5.56 Å². The summed E-state index contributed by atoms with van der Waals surface area (Å²) in [6.07, 6.45) is 1.77. The molecule has 4 nitrogen and oxygen atoms in total. The Kier molecular flexibility index (Phi) is 3.18. The molecule has 0 aliphatic carbocycles. The molecule has 4 rings (SSSR count). The standard InChI is InChI=1S/C19H19N3O/c1-13-6-5-9-22-18(23)10-15(20-19(13)22)12-21-11-14(2)16-7-3-4-8-17(16)21/h3-10,14H,11-12H2,1-2H3. The Balaban J connectivity index is 1.75. The van der Waals surface area contributed by atoms with E-state index in [4.69, 9.17) is 4.98 Å². The van der Waals surface area contributed by atoms with E-state index in [0.717, 1.165) is 23.4 Å². The third kappa shape index (κ3) is 2.31. The van der Waals surface area contributed by atoms with E-state index in [1.807, 2.05) is 19.1 Å². The van der Waals surface area contributed by atoms with Gasteiger partial charge in [-0.05, 0) is 30.2 Å².